The molecule has 16 heteroatoms. The number of halogens is 8. The van der Waals surface area contributed by atoms with E-state index >= 15 is 0 Å². The molecule has 1 amide bonds. The van der Waals surface area contributed by atoms with E-state index in [-0.39, 0.29) is 38.1 Å². The number of fused-ring (bicyclic) bond motifs is 1. The Balaban J connectivity index is 1.57. The molecule has 2 heterocycles. The normalized spacial score (nSPS) is 18.6. The van der Waals surface area contributed by atoms with Gasteiger partial charge in [-0.05, 0) is 68.4 Å². The van der Waals surface area contributed by atoms with Gasteiger partial charge in [-0.3, -0.25) is 0 Å². The molecule has 1 unspecified atom stereocenters. The maximum atomic E-state index is 14.2. The summed E-state index contributed by atoms with van der Waals surface area (Å²) in [5, 5.41) is 9.32. The van der Waals surface area contributed by atoms with Crippen molar-refractivity contribution in [3.05, 3.63) is 87.7 Å². The van der Waals surface area contributed by atoms with Crippen molar-refractivity contribution < 1.29 is 62.4 Å². The molecule has 1 N–H and O–H groups in total. The van der Waals surface area contributed by atoms with E-state index in [4.69, 9.17) is 4.74 Å². The summed E-state index contributed by atoms with van der Waals surface area (Å²) in [7, 11) is -5.21. The van der Waals surface area contributed by atoms with Gasteiger partial charge in [-0.25, -0.2) is 18.0 Å². The Bertz CT molecular complexity index is 1790. The first-order valence-corrected chi connectivity index (χ1v) is 15.2. The molecule has 2 aliphatic heterocycles. The summed E-state index contributed by atoms with van der Waals surface area (Å²) in [6, 6.07) is 6.43. The van der Waals surface area contributed by atoms with Gasteiger partial charge >= 0.3 is 22.4 Å². The topological polar surface area (TPSA) is 93.1 Å². The van der Waals surface area contributed by atoms with Crippen LogP contribution in [-0.2, 0) is 16.3 Å². The lowest BCUT2D eigenvalue weighted by Crippen LogP contribution is -2.38. The predicted octanol–water partition coefficient (Wildman–Crippen LogP) is 7.72. The average Bonchev–Trinajstić information content (AvgIpc) is 2.99. The fraction of sp³-hybridized carbons (Fsp3) is 0.367. The van der Waals surface area contributed by atoms with Gasteiger partial charge in [-0.1, -0.05) is 12.1 Å². The van der Waals surface area contributed by atoms with E-state index in [0.717, 1.165) is 24.3 Å². The zero-order valence-corrected chi connectivity index (χ0v) is 24.8. The molecule has 0 bridgehead atoms. The Kier molecular flexibility index (Phi) is 8.41. The van der Waals surface area contributed by atoms with Crippen LogP contribution < -0.4 is 8.92 Å². The van der Waals surface area contributed by atoms with Crippen molar-refractivity contribution in [2.75, 3.05) is 13.1 Å². The molecule has 46 heavy (non-hydrogen) atoms. The van der Waals surface area contributed by atoms with E-state index < -0.39 is 85.1 Å². The SMILES string of the molecule is CC1(C)CC(c2ccc(C(F)(F)F)cc2C2CCN(C(=O)O)CC2)c2ccc(S(=O)(=O)Oc3c(F)c(F)c(F)c(F)c3F)cc2O1. The first-order valence-electron chi connectivity index (χ1n) is 13.8. The third-order valence-electron chi connectivity index (χ3n) is 8.09. The van der Waals surface area contributed by atoms with Crippen LogP contribution >= 0.6 is 0 Å². The van der Waals surface area contributed by atoms with Crippen LogP contribution in [0.3, 0.4) is 0 Å². The van der Waals surface area contributed by atoms with Crippen LogP contribution in [0.5, 0.6) is 11.5 Å². The molecular weight excluding hydrogens is 654 g/mol. The van der Waals surface area contributed by atoms with Crippen molar-refractivity contribution in [3.8, 4) is 11.5 Å². The highest BCUT2D eigenvalue weighted by Gasteiger charge is 2.40. The second-order valence-corrected chi connectivity index (χ2v) is 13.2. The summed E-state index contributed by atoms with van der Waals surface area (Å²) in [5.41, 5.74) is -0.759. The summed E-state index contributed by atoms with van der Waals surface area (Å²) in [6.07, 6.45) is -5.07. The zero-order chi connectivity index (χ0) is 33.9. The van der Waals surface area contributed by atoms with Crippen molar-refractivity contribution in [1.29, 1.82) is 0 Å². The number of piperidine rings is 1. The zero-order valence-electron chi connectivity index (χ0n) is 24.0. The Labute approximate surface area is 257 Å². The highest BCUT2D eigenvalue weighted by Crippen LogP contribution is 2.48. The number of benzene rings is 3. The van der Waals surface area contributed by atoms with Crippen LogP contribution in [0.15, 0.2) is 41.3 Å². The molecule has 1 fully saturated rings. The van der Waals surface area contributed by atoms with Crippen molar-refractivity contribution in [2.24, 2.45) is 0 Å². The molecule has 2 aliphatic rings. The van der Waals surface area contributed by atoms with Crippen LogP contribution in [0.2, 0.25) is 0 Å². The standard InChI is InChI=1S/C30H25F8NO6S/c1-29(2)13-20(17-5-3-15(30(36,37)38)11-19(17)14-7-9-39(10-8-14)28(40)41)18-6-4-16(12-21(18)44-29)46(42,43)45-27-25(34)23(32)22(31)24(33)26(27)35/h3-6,11-12,14,20H,7-10,13H2,1-2H3,(H,40,41). The molecule has 0 radical (unpaired) electrons. The van der Waals surface area contributed by atoms with E-state index in [2.05, 4.69) is 4.18 Å². The number of nitrogens with zero attached hydrogens (tertiary/aromatic N) is 1. The lowest BCUT2D eigenvalue weighted by atomic mass is 9.75. The predicted molar refractivity (Wildman–Crippen MR) is 145 cm³/mol. The van der Waals surface area contributed by atoms with E-state index in [9.17, 15) is 53.4 Å². The first kappa shape index (κ1) is 33.3. The van der Waals surface area contributed by atoms with E-state index in [1.807, 2.05) is 0 Å². The van der Waals surface area contributed by atoms with Crippen LogP contribution in [0.25, 0.3) is 0 Å². The number of likely N-dealkylation sites (tertiary alicyclic amines) is 1. The summed E-state index contributed by atoms with van der Waals surface area (Å²) < 4.78 is 147. The first-order chi connectivity index (χ1) is 21.3. The van der Waals surface area contributed by atoms with Crippen LogP contribution in [0, 0.1) is 29.1 Å². The van der Waals surface area contributed by atoms with Crippen molar-refractivity contribution in [1.82, 2.24) is 4.90 Å². The van der Waals surface area contributed by atoms with Gasteiger partial charge in [0.1, 0.15) is 16.2 Å². The highest BCUT2D eigenvalue weighted by atomic mass is 32.2. The van der Waals surface area contributed by atoms with Gasteiger partial charge in [0, 0.05) is 30.6 Å². The third-order valence-corrected chi connectivity index (χ3v) is 9.31. The molecule has 248 valence electrons. The van der Waals surface area contributed by atoms with Crippen molar-refractivity contribution in [3.63, 3.8) is 0 Å². The van der Waals surface area contributed by atoms with E-state index in [1.54, 1.807) is 13.8 Å². The van der Waals surface area contributed by atoms with Gasteiger partial charge in [0.25, 0.3) is 0 Å². The molecule has 7 nitrogen and oxygen atoms in total. The number of carbonyl (C=O) groups is 1. The number of rotatable bonds is 5. The molecular formula is C30H25F8NO6S. The number of carboxylic acid groups (broad SMARTS) is 1. The number of ether oxygens (including phenoxy) is 1. The van der Waals surface area contributed by atoms with Crippen LogP contribution in [-0.4, -0.2) is 43.2 Å². The second-order valence-electron chi connectivity index (χ2n) is 11.6. The van der Waals surface area contributed by atoms with Gasteiger partial charge in [-0.2, -0.15) is 30.4 Å². The van der Waals surface area contributed by atoms with Crippen LogP contribution in [0.4, 0.5) is 39.9 Å². The number of hydrogen-bond acceptors (Lipinski definition) is 5. The van der Waals surface area contributed by atoms with Crippen molar-refractivity contribution >= 4 is 16.2 Å². The summed E-state index contributed by atoms with van der Waals surface area (Å²) in [5.74, 6) is -15.5. The molecule has 0 saturated carbocycles. The molecule has 0 spiro atoms. The number of amides is 1. The minimum atomic E-state index is -5.21. The maximum absolute atomic E-state index is 14.2. The second kappa shape index (κ2) is 11.6. The molecule has 1 atom stereocenters. The largest absolute Gasteiger partial charge is 0.487 e. The van der Waals surface area contributed by atoms with Gasteiger partial charge in [0.05, 0.1) is 5.56 Å². The lowest BCUT2D eigenvalue weighted by Gasteiger charge is -2.40. The van der Waals surface area contributed by atoms with Gasteiger partial charge in [0.15, 0.2) is 0 Å². The quantitative estimate of drug-likeness (QED) is 0.129. The smallest absolute Gasteiger partial charge is 0.416 e. The lowest BCUT2D eigenvalue weighted by molar-refractivity contribution is -0.137. The summed E-state index contributed by atoms with van der Waals surface area (Å²) in [4.78, 5) is 11.8. The van der Waals surface area contributed by atoms with Gasteiger partial charge in [0.2, 0.25) is 34.8 Å². The molecule has 0 aliphatic carbocycles. The van der Waals surface area contributed by atoms with E-state index in [1.165, 1.54) is 17.0 Å². The number of hydrogen-bond donors (Lipinski definition) is 1. The molecule has 3 aromatic carbocycles. The minimum Gasteiger partial charge on any atom is -0.487 e. The minimum absolute atomic E-state index is 0.0742. The highest BCUT2D eigenvalue weighted by molar-refractivity contribution is 7.87. The molecule has 1 saturated heterocycles. The monoisotopic (exact) mass is 679 g/mol. The van der Waals surface area contributed by atoms with Gasteiger partial charge in [-0.15, -0.1) is 0 Å². The maximum Gasteiger partial charge on any atom is 0.416 e. The summed E-state index contributed by atoms with van der Waals surface area (Å²) >= 11 is 0. The van der Waals surface area contributed by atoms with Gasteiger partial charge < -0.3 is 18.9 Å². The molecule has 0 aromatic heterocycles. The van der Waals surface area contributed by atoms with Crippen LogP contribution in [0.1, 0.15) is 67.2 Å². The average molecular weight is 680 g/mol. The summed E-state index contributed by atoms with van der Waals surface area (Å²) in [6.45, 7) is 3.50. The Morgan fingerprint density at radius 2 is 1.46 bits per heavy atom. The Morgan fingerprint density at radius 1 is 0.891 bits per heavy atom. The van der Waals surface area contributed by atoms with E-state index in [0.29, 0.717) is 16.7 Å². The molecule has 3 aromatic rings. The fourth-order valence-electron chi connectivity index (χ4n) is 5.88. The molecule has 5 rings (SSSR count). The third kappa shape index (κ3) is 6.18. The Hall–Kier alpha value is -4.08. The fourth-order valence-corrected chi connectivity index (χ4v) is 6.83. The Morgan fingerprint density at radius 3 is 2.02 bits per heavy atom. The number of alkyl halides is 3. The van der Waals surface area contributed by atoms with Crippen molar-refractivity contribution in [2.45, 2.75) is 61.6 Å².